The maximum Gasteiger partial charge on any atom is 0.138 e. The average Bonchev–Trinajstić information content (AvgIpc) is 2.15. The molecule has 1 N–H and O–H groups in total. The van der Waals surface area contributed by atoms with Crippen LogP contribution in [0.15, 0.2) is 30.5 Å². The Hall–Kier alpha value is -1.70. The van der Waals surface area contributed by atoms with Crippen LogP contribution in [0.5, 0.6) is 11.5 Å². The van der Waals surface area contributed by atoms with Crippen LogP contribution in [-0.2, 0) is 0 Å². The van der Waals surface area contributed by atoms with E-state index in [0.717, 1.165) is 16.7 Å². The maximum atomic E-state index is 9.99. The van der Waals surface area contributed by atoms with Gasteiger partial charge >= 0.3 is 0 Å². The van der Waals surface area contributed by atoms with Crippen molar-refractivity contribution in [3.63, 3.8) is 0 Å². The molecule has 0 radical (unpaired) electrons. The zero-order valence-electron chi connectivity index (χ0n) is 9.87. The Morgan fingerprint density at radius 2 is 2.00 bits per heavy atom. The first-order valence-electron chi connectivity index (χ1n) is 5.41. The molecule has 0 aromatic heterocycles. The van der Waals surface area contributed by atoms with Crippen molar-refractivity contribution in [1.29, 1.82) is 0 Å². The predicted octanol–water partition coefficient (Wildman–Crippen LogP) is 3.83. The van der Waals surface area contributed by atoms with Crippen LogP contribution in [0.1, 0.15) is 37.8 Å². The highest BCUT2D eigenvalue weighted by Gasteiger charge is 2.19. The minimum atomic E-state index is 0.280. The summed E-state index contributed by atoms with van der Waals surface area (Å²) >= 11 is 0. The molecule has 0 unspecified atom stereocenters. The number of allylic oxidation sites excluding steroid dienone is 2. The van der Waals surface area contributed by atoms with Gasteiger partial charge in [-0.05, 0) is 42.2 Å². The molecule has 1 aliphatic heterocycles. The molecule has 2 rings (SSSR count). The Morgan fingerprint density at radius 1 is 1.31 bits per heavy atom. The van der Waals surface area contributed by atoms with Crippen molar-refractivity contribution in [3.05, 3.63) is 41.7 Å². The molecule has 0 saturated heterocycles. The Bertz CT molecular complexity index is 482. The number of fused-ring (bicyclic) bond motifs is 1. The first-order chi connectivity index (χ1) is 7.49. The topological polar surface area (TPSA) is 29.5 Å². The quantitative estimate of drug-likeness (QED) is 0.773. The van der Waals surface area contributed by atoms with Gasteiger partial charge in [0.05, 0.1) is 5.56 Å². The van der Waals surface area contributed by atoms with Gasteiger partial charge in [-0.25, -0.2) is 0 Å². The highest BCUT2D eigenvalue weighted by molar-refractivity contribution is 5.78. The number of rotatable bonds is 1. The fraction of sp³-hybridized carbons (Fsp3) is 0.286. The standard InChI is InChI=1S/C14H16O2/c1-8(2)11-6-12(15)14-9(3)5-10(4)16-13(14)7-11/h5-8,15H,4H2,1-3H3. The lowest BCUT2D eigenvalue weighted by molar-refractivity contribution is 0.425. The molecule has 1 aromatic carbocycles. The van der Waals surface area contributed by atoms with Gasteiger partial charge in [-0.1, -0.05) is 20.4 Å². The van der Waals surface area contributed by atoms with Crippen molar-refractivity contribution >= 4 is 5.57 Å². The smallest absolute Gasteiger partial charge is 0.138 e. The van der Waals surface area contributed by atoms with Crippen molar-refractivity contribution in [3.8, 4) is 11.5 Å². The van der Waals surface area contributed by atoms with Gasteiger partial charge in [0.15, 0.2) is 0 Å². The second kappa shape index (κ2) is 3.71. The fourth-order valence-corrected chi connectivity index (χ4v) is 1.92. The minimum Gasteiger partial charge on any atom is -0.507 e. The zero-order chi connectivity index (χ0) is 11.9. The summed E-state index contributed by atoms with van der Waals surface area (Å²) < 4.78 is 5.54. The van der Waals surface area contributed by atoms with Gasteiger partial charge in [0, 0.05) is 0 Å². The number of hydrogen-bond donors (Lipinski definition) is 1. The van der Waals surface area contributed by atoms with Gasteiger partial charge < -0.3 is 9.84 Å². The third-order valence-electron chi connectivity index (χ3n) is 2.78. The van der Waals surface area contributed by atoms with Crippen LogP contribution in [0.4, 0.5) is 0 Å². The third kappa shape index (κ3) is 1.71. The molecular formula is C14H16O2. The van der Waals surface area contributed by atoms with Gasteiger partial charge in [-0.15, -0.1) is 0 Å². The lowest BCUT2D eigenvalue weighted by atomic mass is 9.95. The molecule has 0 spiro atoms. The van der Waals surface area contributed by atoms with E-state index in [-0.39, 0.29) is 5.75 Å². The highest BCUT2D eigenvalue weighted by atomic mass is 16.5. The van der Waals surface area contributed by atoms with Crippen LogP contribution >= 0.6 is 0 Å². The molecule has 0 aliphatic carbocycles. The van der Waals surface area contributed by atoms with Gasteiger partial charge in [0.25, 0.3) is 0 Å². The summed E-state index contributed by atoms with van der Waals surface area (Å²) in [6.07, 6.45) is 1.83. The predicted molar refractivity (Wildman–Crippen MR) is 65.6 cm³/mol. The van der Waals surface area contributed by atoms with Gasteiger partial charge in [-0.2, -0.15) is 0 Å². The Balaban J connectivity index is 2.62. The first-order valence-corrected chi connectivity index (χ1v) is 5.41. The summed E-state index contributed by atoms with van der Waals surface area (Å²) in [6.45, 7) is 9.90. The number of benzene rings is 1. The van der Waals surface area contributed by atoms with E-state index in [1.54, 1.807) is 6.07 Å². The summed E-state index contributed by atoms with van der Waals surface area (Å²) in [4.78, 5) is 0. The lowest BCUT2D eigenvalue weighted by Crippen LogP contribution is -2.02. The average molecular weight is 216 g/mol. The van der Waals surface area contributed by atoms with Crippen molar-refractivity contribution in [2.24, 2.45) is 0 Å². The molecule has 1 heterocycles. The van der Waals surface area contributed by atoms with E-state index in [1.807, 2.05) is 19.1 Å². The van der Waals surface area contributed by atoms with Crippen LogP contribution < -0.4 is 4.74 Å². The fourth-order valence-electron chi connectivity index (χ4n) is 1.92. The first kappa shape index (κ1) is 10.8. The van der Waals surface area contributed by atoms with Crippen molar-refractivity contribution < 1.29 is 9.84 Å². The van der Waals surface area contributed by atoms with E-state index in [1.165, 1.54) is 0 Å². The van der Waals surface area contributed by atoms with E-state index in [9.17, 15) is 5.11 Å². The summed E-state index contributed by atoms with van der Waals surface area (Å²) in [5.41, 5.74) is 2.83. The molecule has 0 amide bonds. The Labute approximate surface area is 95.9 Å². The van der Waals surface area contributed by atoms with Crippen LogP contribution in [0.3, 0.4) is 0 Å². The Kier molecular flexibility index (Phi) is 2.50. The number of aromatic hydroxyl groups is 1. The largest absolute Gasteiger partial charge is 0.507 e. The molecule has 1 aromatic rings. The van der Waals surface area contributed by atoms with Gasteiger partial charge in [0.2, 0.25) is 0 Å². The minimum absolute atomic E-state index is 0.280. The molecule has 1 aliphatic rings. The van der Waals surface area contributed by atoms with E-state index >= 15 is 0 Å². The Morgan fingerprint density at radius 3 is 2.62 bits per heavy atom. The number of phenols is 1. The third-order valence-corrected chi connectivity index (χ3v) is 2.78. The second-order valence-corrected chi connectivity index (χ2v) is 4.46. The molecule has 0 bridgehead atoms. The van der Waals surface area contributed by atoms with E-state index in [0.29, 0.717) is 17.4 Å². The van der Waals surface area contributed by atoms with Crippen LogP contribution in [0.2, 0.25) is 0 Å². The normalized spacial score (nSPS) is 14.5. The van der Waals surface area contributed by atoms with Crippen molar-refractivity contribution in [2.45, 2.75) is 26.7 Å². The number of ether oxygens (including phenoxy) is 1. The number of hydrogen-bond acceptors (Lipinski definition) is 2. The summed E-state index contributed by atoms with van der Waals surface area (Å²) in [5.74, 6) is 1.96. The molecule has 2 nitrogen and oxygen atoms in total. The molecule has 0 atom stereocenters. The molecule has 84 valence electrons. The van der Waals surface area contributed by atoms with Crippen molar-refractivity contribution in [2.75, 3.05) is 0 Å². The zero-order valence-corrected chi connectivity index (χ0v) is 9.87. The maximum absolute atomic E-state index is 9.99. The second-order valence-electron chi connectivity index (χ2n) is 4.46. The molecule has 2 heteroatoms. The van der Waals surface area contributed by atoms with E-state index in [4.69, 9.17) is 4.74 Å². The molecule has 0 fully saturated rings. The van der Waals surface area contributed by atoms with Crippen LogP contribution in [0.25, 0.3) is 5.57 Å². The van der Waals surface area contributed by atoms with Crippen LogP contribution in [0, 0.1) is 0 Å². The van der Waals surface area contributed by atoms with Crippen LogP contribution in [-0.4, -0.2) is 5.11 Å². The van der Waals surface area contributed by atoms with E-state index in [2.05, 4.69) is 20.4 Å². The molecular weight excluding hydrogens is 200 g/mol. The van der Waals surface area contributed by atoms with Crippen molar-refractivity contribution in [1.82, 2.24) is 0 Å². The SMILES string of the molecule is C=C1C=C(C)c2c(O)cc(C(C)C)cc2O1. The summed E-state index contributed by atoms with van der Waals surface area (Å²) in [5, 5.41) is 9.99. The van der Waals surface area contributed by atoms with Gasteiger partial charge in [-0.3, -0.25) is 0 Å². The molecule has 0 saturated carbocycles. The molecule has 16 heavy (non-hydrogen) atoms. The van der Waals surface area contributed by atoms with E-state index < -0.39 is 0 Å². The highest BCUT2D eigenvalue weighted by Crippen LogP contribution is 2.40. The number of phenolic OH excluding ortho intramolecular Hbond substituents is 1. The lowest BCUT2D eigenvalue weighted by Gasteiger charge is -2.20. The van der Waals surface area contributed by atoms with Gasteiger partial charge in [0.1, 0.15) is 17.3 Å². The monoisotopic (exact) mass is 216 g/mol. The summed E-state index contributed by atoms with van der Waals surface area (Å²) in [6, 6.07) is 3.78. The summed E-state index contributed by atoms with van der Waals surface area (Å²) in [7, 11) is 0.